The molecule has 0 amide bonds. The number of phenols is 2. The van der Waals surface area contributed by atoms with Crippen LogP contribution in [0.1, 0.15) is 35.3 Å². The van der Waals surface area contributed by atoms with Gasteiger partial charge in [0.05, 0.1) is 6.61 Å². The van der Waals surface area contributed by atoms with E-state index >= 15 is 0 Å². The molecule has 0 fully saturated rings. The standard InChI is InChI=1S/C21H22O4/c1-3-5-6-16-13-17(21(25-4-2)14-20(16)24)9-12-19(23)15-7-10-18(22)11-8-15/h3,5,7-14,22,24H,4,6H2,1-2H3/b5-3+,12-9+. The number of benzene rings is 2. The summed E-state index contributed by atoms with van der Waals surface area (Å²) in [6, 6.07) is 9.48. The minimum atomic E-state index is -0.175. The highest BCUT2D eigenvalue weighted by Gasteiger charge is 2.09. The maximum Gasteiger partial charge on any atom is 0.185 e. The van der Waals surface area contributed by atoms with Crippen LogP contribution in [0, 0.1) is 0 Å². The van der Waals surface area contributed by atoms with Crippen LogP contribution in [0.5, 0.6) is 17.2 Å². The van der Waals surface area contributed by atoms with Crippen molar-refractivity contribution < 1.29 is 19.7 Å². The van der Waals surface area contributed by atoms with Gasteiger partial charge in [-0.05, 0) is 68.3 Å². The summed E-state index contributed by atoms with van der Waals surface area (Å²) in [4.78, 5) is 12.3. The first-order valence-corrected chi connectivity index (χ1v) is 8.16. The van der Waals surface area contributed by atoms with Crippen molar-refractivity contribution in [3.05, 3.63) is 71.3 Å². The molecule has 0 saturated carbocycles. The molecule has 0 saturated heterocycles. The van der Waals surface area contributed by atoms with E-state index in [1.165, 1.54) is 18.2 Å². The van der Waals surface area contributed by atoms with Crippen molar-refractivity contribution in [2.45, 2.75) is 20.3 Å². The van der Waals surface area contributed by atoms with E-state index in [0.717, 1.165) is 11.1 Å². The SMILES string of the molecule is C/C=C/Cc1cc(/C=C/C(=O)c2ccc(O)cc2)c(OCC)cc1O. The van der Waals surface area contributed by atoms with Crippen LogP contribution in [0.25, 0.3) is 6.08 Å². The average Bonchev–Trinajstić information content (AvgIpc) is 2.60. The first kappa shape index (κ1) is 18.3. The van der Waals surface area contributed by atoms with E-state index in [4.69, 9.17) is 4.74 Å². The highest BCUT2D eigenvalue weighted by atomic mass is 16.5. The number of rotatable bonds is 7. The second-order valence-electron chi connectivity index (χ2n) is 5.47. The Morgan fingerprint density at radius 3 is 2.52 bits per heavy atom. The number of carbonyl (C=O) groups is 1. The Balaban J connectivity index is 2.31. The number of carbonyl (C=O) groups excluding carboxylic acids is 1. The van der Waals surface area contributed by atoms with Gasteiger partial charge in [-0.15, -0.1) is 0 Å². The van der Waals surface area contributed by atoms with Crippen LogP contribution in [0.15, 0.2) is 54.6 Å². The highest BCUT2D eigenvalue weighted by Crippen LogP contribution is 2.30. The van der Waals surface area contributed by atoms with Crippen molar-refractivity contribution in [2.24, 2.45) is 0 Å². The predicted molar refractivity (Wildman–Crippen MR) is 99.3 cm³/mol. The molecule has 0 aromatic heterocycles. The Hall–Kier alpha value is -3.01. The minimum absolute atomic E-state index is 0.117. The molecule has 0 bridgehead atoms. The van der Waals surface area contributed by atoms with Crippen molar-refractivity contribution in [1.82, 2.24) is 0 Å². The zero-order valence-electron chi connectivity index (χ0n) is 14.4. The van der Waals surface area contributed by atoms with Gasteiger partial charge in [0.2, 0.25) is 0 Å². The molecule has 2 aromatic carbocycles. The molecule has 0 spiro atoms. The van der Waals surface area contributed by atoms with Gasteiger partial charge in [-0.1, -0.05) is 12.2 Å². The third-order valence-electron chi connectivity index (χ3n) is 3.65. The van der Waals surface area contributed by atoms with Crippen LogP contribution in [-0.4, -0.2) is 22.6 Å². The predicted octanol–water partition coefficient (Wildman–Crippen LogP) is 4.51. The molecule has 0 radical (unpaired) electrons. The number of aromatic hydroxyl groups is 2. The summed E-state index contributed by atoms with van der Waals surface area (Å²) in [7, 11) is 0. The summed E-state index contributed by atoms with van der Waals surface area (Å²) in [5, 5.41) is 19.4. The smallest absolute Gasteiger partial charge is 0.185 e. The Labute approximate surface area is 147 Å². The van der Waals surface area contributed by atoms with E-state index < -0.39 is 0 Å². The molecular formula is C21H22O4. The molecule has 0 atom stereocenters. The maximum atomic E-state index is 12.3. The van der Waals surface area contributed by atoms with Crippen LogP contribution >= 0.6 is 0 Å². The number of hydrogen-bond donors (Lipinski definition) is 2. The summed E-state index contributed by atoms with van der Waals surface area (Å²) in [5.74, 6) is 0.638. The Bertz CT molecular complexity index is 786. The van der Waals surface area contributed by atoms with Gasteiger partial charge >= 0.3 is 0 Å². The largest absolute Gasteiger partial charge is 0.508 e. The van der Waals surface area contributed by atoms with Crippen LogP contribution in [0.2, 0.25) is 0 Å². The summed E-state index contributed by atoms with van der Waals surface area (Å²) >= 11 is 0. The fraction of sp³-hybridized carbons (Fsp3) is 0.190. The van der Waals surface area contributed by atoms with Gasteiger partial charge < -0.3 is 14.9 Å². The Morgan fingerprint density at radius 2 is 1.88 bits per heavy atom. The van der Waals surface area contributed by atoms with E-state index in [1.807, 2.05) is 32.1 Å². The summed E-state index contributed by atoms with van der Waals surface area (Å²) < 4.78 is 5.56. The van der Waals surface area contributed by atoms with Crippen molar-refractivity contribution in [2.75, 3.05) is 6.61 Å². The average molecular weight is 338 g/mol. The second-order valence-corrected chi connectivity index (χ2v) is 5.47. The van der Waals surface area contributed by atoms with Gasteiger partial charge in [0.25, 0.3) is 0 Å². The van der Waals surface area contributed by atoms with Crippen molar-refractivity contribution >= 4 is 11.9 Å². The van der Waals surface area contributed by atoms with E-state index in [0.29, 0.717) is 24.3 Å². The monoisotopic (exact) mass is 338 g/mol. The third-order valence-corrected chi connectivity index (χ3v) is 3.65. The zero-order chi connectivity index (χ0) is 18.2. The Kier molecular flexibility index (Phi) is 6.40. The lowest BCUT2D eigenvalue weighted by molar-refractivity contribution is 0.104. The van der Waals surface area contributed by atoms with Crippen LogP contribution in [-0.2, 0) is 6.42 Å². The molecule has 4 heteroatoms. The molecule has 2 rings (SSSR count). The lowest BCUT2D eigenvalue weighted by Crippen LogP contribution is -1.97. The van der Waals surface area contributed by atoms with E-state index in [1.54, 1.807) is 24.3 Å². The quantitative estimate of drug-likeness (QED) is 0.443. The van der Waals surface area contributed by atoms with Crippen LogP contribution in [0.4, 0.5) is 0 Å². The lowest BCUT2D eigenvalue weighted by atomic mass is 10.0. The number of phenolic OH excluding ortho intramolecular Hbond substituents is 2. The van der Waals surface area contributed by atoms with E-state index in [9.17, 15) is 15.0 Å². The van der Waals surface area contributed by atoms with Gasteiger partial charge in [0.15, 0.2) is 5.78 Å². The number of allylic oxidation sites excluding steroid dienone is 3. The minimum Gasteiger partial charge on any atom is -0.508 e. The van der Waals surface area contributed by atoms with Gasteiger partial charge in [-0.2, -0.15) is 0 Å². The highest BCUT2D eigenvalue weighted by molar-refractivity contribution is 6.07. The fourth-order valence-corrected chi connectivity index (χ4v) is 2.34. The normalized spacial score (nSPS) is 11.3. The summed E-state index contributed by atoms with van der Waals surface area (Å²) in [6.45, 7) is 4.24. The lowest BCUT2D eigenvalue weighted by Gasteiger charge is -2.11. The molecule has 2 aromatic rings. The third kappa shape index (κ3) is 4.98. The molecule has 0 unspecified atom stereocenters. The van der Waals surface area contributed by atoms with Crippen molar-refractivity contribution in [3.63, 3.8) is 0 Å². The van der Waals surface area contributed by atoms with Crippen LogP contribution in [0.3, 0.4) is 0 Å². The zero-order valence-corrected chi connectivity index (χ0v) is 14.4. The van der Waals surface area contributed by atoms with Crippen molar-refractivity contribution in [3.8, 4) is 17.2 Å². The van der Waals surface area contributed by atoms with Gasteiger partial charge in [-0.25, -0.2) is 0 Å². The van der Waals surface area contributed by atoms with Gasteiger partial charge in [-0.3, -0.25) is 4.79 Å². The van der Waals surface area contributed by atoms with E-state index in [-0.39, 0.29) is 17.3 Å². The molecule has 25 heavy (non-hydrogen) atoms. The summed E-state index contributed by atoms with van der Waals surface area (Å²) in [5.41, 5.74) is 1.98. The van der Waals surface area contributed by atoms with Crippen LogP contribution < -0.4 is 4.74 Å². The molecule has 4 nitrogen and oxygen atoms in total. The number of hydrogen-bond acceptors (Lipinski definition) is 4. The molecule has 0 aliphatic rings. The molecule has 0 aliphatic carbocycles. The molecular weight excluding hydrogens is 316 g/mol. The Morgan fingerprint density at radius 1 is 1.16 bits per heavy atom. The first-order valence-electron chi connectivity index (χ1n) is 8.16. The van der Waals surface area contributed by atoms with Gasteiger partial charge in [0.1, 0.15) is 17.2 Å². The molecule has 0 heterocycles. The second kappa shape index (κ2) is 8.73. The molecule has 130 valence electrons. The number of ether oxygens (including phenoxy) is 1. The topological polar surface area (TPSA) is 66.8 Å². The number of ketones is 1. The molecule has 2 N–H and O–H groups in total. The van der Waals surface area contributed by atoms with Crippen molar-refractivity contribution in [1.29, 1.82) is 0 Å². The van der Waals surface area contributed by atoms with Gasteiger partial charge in [0, 0.05) is 17.2 Å². The summed E-state index contributed by atoms with van der Waals surface area (Å²) in [6.07, 6.45) is 7.60. The fourth-order valence-electron chi connectivity index (χ4n) is 2.34. The van der Waals surface area contributed by atoms with E-state index in [2.05, 4.69) is 0 Å². The maximum absolute atomic E-state index is 12.3. The molecule has 0 aliphatic heterocycles. The first-order chi connectivity index (χ1) is 12.0.